The largest absolute Gasteiger partial charge is 0.457 e. The van der Waals surface area contributed by atoms with Crippen molar-refractivity contribution in [1.29, 1.82) is 0 Å². The van der Waals surface area contributed by atoms with Crippen LogP contribution in [0.4, 0.5) is 5.69 Å². The van der Waals surface area contributed by atoms with Crippen LogP contribution < -0.4 is 15.8 Å². The Morgan fingerprint density at radius 2 is 1.90 bits per heavy atom. The maximum atomic E-state index is 5.84. The second-order valence-electron chi connectivity index (χ2n) is 4.72. The van der Waals surface area contributed by atoms with Crippen LogP contribution in [0.1, 0.15) is 5.56 Å². The zero-order valence-electron chi connectivity index (χ0n) is 11.5. The number of para-hydroxylation sites is 1. The smallest absolute Gasteiger partial charge is 0.127 e. The molecule has 2 aromatic rings. The molecule has 0 aromatic heterocycles. The summed E-state index contributed by atoms with van der Waals surface area (Å²) in [5, 5.41) is 3.33. The monoisotopic (exact) mass is 288 g/mol. The van der Waals surface area contributed by atoms with Gasteiger partial charge >= 0.3 is 0 Å². The Morgan fingerprint density at radius 3 is 2.55 bits per heavy atom. The van der Waals surface area contributed by atoms with Gasteiger partial charge in [0.15, 0.2) is 0 Å². The van der Waals surface area contributed by atoms with Crippen LogP contribution >= 0.6 is 12.6 Å². The number of anilines is 1. The van der Waals surface area contributed by atoms with E-state index in [0.29, 0.717) is 12.3 Å². The molecular formula is C16H20N2OS. The highest BCUT2D eigenvalue weighted by Crippen LogP contribution is 2.25. The van der Waals surface area contributed by atoms with Crippen LogP contribution in [0.5, 0.6) is 11.5 Å². The summed E-state index contributed by atoms with van der Waals surface area (Å²) in [5.41, 5.74) is 8.04. The van der Waals surface area contributed by atoms with Gasteiger partial charge in [0.05, 0.1) is 0 Å². The van der Waals surface area contributed by atoms with E-state index in [0.717, 1.165) is 22.7 Å². The Hall–Kier alpha value is -1.65. The molecule has 0 unspecified atom stereocenters. The first-order valence-corrected chi connectivity index (χ1v) is 7.26. The summed E-state index contributed by atoms with van der Waals surface area (Å²) in [7, 11) is 0. The van der Waals surface area contributed by atoms with Crippen molar-refractivity contribution in [2.75, 3.05) is 17.6 Å². The summed E-state index contributed by atoms with van der Waals surface area (Å²) in [6, 6.07) is 15.8. The molecule has 0 saturated heterocycles. The van der Waals surface area contributed by atoms with Gasteiger partial charge < -0.3 is 15.8 Å². The van der Waals surface area contributed by atoms with Gasteiger partial charge in [-0.2, -0.15) is 12.6 Å². The van der Waals surface area contributed by atoms with E-state index in [1.54, 1.807) is 0 Å². The van der Waals surface area contributed by atoms with Crippen molar-refractivity contribution in [2.24, 2.45) is 5.73 Å². The highest BCUT2D eigenvalue weighted by atomic mass is 32.1. The Bertz CT molecular complexity index is 545. The van der Waals surface area contributed by atoms with Gasteiger partial charge in [0, 0.05) is 24.0 Å². The Labute approximate surface area is 125 Å². The topological polar surface area (TPSA) is 47.3 Å². The Kier molecular flexibility index (Phi) is 5.32. The third-order valence-electron chi connectivity index (χ3n) is 2.97. The van der Waals surface area contributed by atoms with Crippen molar-refractivity contribution in [3.05, 3.63) is 54.1 Å². The molecule has 0 fully saturated rings. The zero-order valence-corrected chi connectivity index (χ0v) is 12.4. The summed E-state index contributed by atoms with van der Waals surface area (Å²) in [6.07, 6.45) is 0. The fourth-order valence-electron chi connectivity index (χ4n) is 1.83. The van der Waals surface area contributed by atoms with Crippen LogP contribution in [0.25, 0.3) is 0 Å². The number of rotatable bonds is 6. The van der Waals surface area contributed by atoms with Gasteiger partial charge in [0.1, 0.15) is 11.5 Å². The minimum atomic E-state index is 0.0537. The molecule has 106 valence electrons. The Morgan fingerprint density at radius 1 is 1.15 bits per heavy atom. The molecule has 0 radical (unpaired) electrons. The molecule has 0 spiro atoms. The first-order valence-electron chi connectivity index (χ1n) is 6.63. The number of hydrogen-bond donors (Lipinski definition) is 3. The molecule has 0 aliphatic rings. The molecule has 0 aliphatic carbocycles. The van der Waals surface area contributed by atoms with Crippen LogP contribution in [0.15, 0.2) is 48.5 Å². The molecule has 0 heterocycles. The maximum absolute atomic E-state index is 5.84. The zero-order chi connectivity index (χ0) is 14.4. The number of nitrogens with two attached hydrogens (primary N) is 1. The number of thiol groups is 1. The summed E-state index contributed by atoms with van der Waals surface area (Å²) in [6.45, 7) is 2.76. The SMILES string of the molecule is Cc1cc(Oc2ccccc2)ccc1NC[C@@H](N)CS. The van der Waals surface area contributed by atoms with Crippen LogP contribution in [-0.4, -0.2) is 18.3 Å². The van der Waals surface area contributed by atoms with Crippen molar-refractivity contribution < 1.29 is 4.74 Å². The first kappa shape index (κ1) is 14.8. The summed E-state index contributed by atoms with van der Waals surface area (Å²) < 4.78 is 5.80. The van der Waals surface area contributed by atoms with Crippen molar-refractivity contribution in [1.82, 2.24) is 0 Å². The molecule has 1 atom stereocenters. The molecule has 0 aliphatic heterocycles. The van der Waals surface area contributed by atoms with Crippen molar-refractivity contribution in [3.63, 3.8) is 0 Å². The van der Waals surface area contributed by atoms with E-state index < -0.39 is 0 Å². The van der Waals surface area contributed by atoms with E-state index in [-0.39, 0.29) is 6.04 Å². The van der Waals surface area contributed by atoms with Crippen molar-refractivity contribution in [3.8, 4) is 11.5 Å². The molecule has 0 amide bonds. The predicted octanol–water partition coefficient (Wildman–Crippen LogP) is 3.46. The lowest BCUT2D eigenvalue weighted by molar-refractivity contribution is 0.482. The van der Waals surface area contributed by atoms with Crippen molar-refractivity contribution in [2.45, 2.75) is 13.0 Å². The number of ether oxygens (including phenoxy) is 1. The summed E-state index contributed by atoms with van der Waals surface area (Å²) in [5.74, 6) is 2.34. The van der Waals surface area contributed by atoms with Gasteiger partial charge in [0.25, 0.3) is 0 Å². The molecule has 3 nitrogen and oxygen atoms in total. The molecule has 0 bridgehead atoms. The van der Waals surface area contributed by atoms with E-state index in [2.05, 4.69) is 17.9 Å². The Balaban J connectivity index is 2.02. The fraction of sp³-hybridized carbons (Fsp3) is 0.250. The highest BCUT2D eigenvalue weighted by Gasteiger charge is 2.04. The van der Waals surface area contributed by atoms with Crippen LogP contribution in [-0.2, 0) is 0 Å². The van der Waals surface area contributed by atoms with Crippen molar-refractivity contribution >= 4 is 18.3 Å². The third-order valence-corrected chi connectivity index (χ3v) is 3.44. The average molecular weight is 288 g/mol. The van der Waals surface area contributed by atoms with Gasteiger partial charge in [-0.25, -0.2) is 0 Å². The lowest BCUT2D eigenvalue weighted by atomic mass is 10.2. The van der Waals surface area contributed by atoms with E-state index in [9.17, 15) is 0 Å². The van der Waals surface area contributed by atoms with E-state index in [4.69, 9.17) is 10.5 Å². The summed E-state index contributed by atoms with van der Waals surface area (Å²) >= 11 is 4.17. The normalized spacial score (nSPS) is 11.9. The number of hydrogen-bond acceptors (Lipinski definition) is 4. The summed E-state index contributed by atoms with van der Waals surface area (Å²) in [4.78, 5) is 0. The second kappa shape index (κ2) is 7.22. The van der Waals surface area contributed by atoms with Crippen LogP contribution in [0.3, 0.4) is 0 Å². The maximum Gasteiger partial charge on any atom is 0.127 e. The van der Waals surface area contributed by atoms with Gasteiger partial charge in [-0.05, 0) is 42.8 Å². The lowest BCUT2D eigenvalue weighted by Gasteiger charge is -2.14. The third kappa shape index (κ3) is 4.18. The number of nitrogens with one attached hydrogen (secondary N) is 1. The van der Waals surface area contributed by atoms with E-state index in [1.165, 1.54) is 0 Å². The number of aryl methyl sites for hydroxylation is 1. The van der Waals surface area contributed by atoms with Crippen LogP contribution in [0.2, 0.25) is 0 Å². The average Bonchev–Trinajstić information content (AvgIpc) is 2.47. The minimum Gasteiger partial charge on any atom is -0.457 e. The second-order valence-corrected chi connectivity index (χ2v) is 5.08. The van der Waals surface area contributed by atoms with E-state index >= 15 is 0 Å². The first-order chi connectivity index (χ1) is 9.69. The van der Waals surface area contributed by atoms with E-state index in [1.807, 2.05) is 55.5 Å². The standard InChI is InChI=1S/C16H20N2OS/c1-12-9-15(19-14-5-3-2-4-6-14)7-8-16(12)18-10-13(17)11-20/h2-9,13,18,20H,10-11,17H2,1H3/t13-/m1/s1. The molecule has 2 aromatic carbocycles. The van der Waals surface area contributed by atoms with Gasteiger partial charge in [0.2, 0.25) is 0 Å². The molecule has 3 N–H and O–H groups in total. The lowest BCUT2D eigenvalue weighted by Crippen LogP contribution is -2.30. The fourth-order valence-corrected chi connectivity index (χ4v) is 1.96. The molecule has 2 rings (SSSR count). The predicted molar refractivity (Wildman–Crippen MR) is 88.0 cm³/mol. The van der Waals surface area contributed by atoms with Gasteiger partial charge in [-0.15, -0.1) is 0 Å². The quantitative estimate of drug-likeness (QED) is 0.713. The molecule has 0 saturated carbocycles. The van der Waals surface area contributed by atoms with Crippen LogP contribution in [0, 0.1) is 6.92 Å². The molecular weight excluding hydrogens is 268 g/mol. The highest BCUT2D eigenvalue weighted by molar-refractivity contribution is 7.80. The van der Waals surface area contributed by atoms with Gasteiger partial charge in [-0.3, -0.25) is 0 Å². The minimum absolute atomic E-state index is 0.0537. The molecule has 4 heteroatoms. The molecule has 20 heavy (non-hydrogen) atoms. The number of benzene rings is 2. The van der Waals surface area contributed by atoms with Gasteiger partial charge in [-0.1, -0.05) is 18.2 Å².